The van der Waals surface area contributed by atoms with E-state index in [0.29, 0.717) is 11.5 Å². The van der Waals surface area contributed by atoms with E-state index >= 15 is 0 Å². The summed E-state index contributed by atoms with van der Waals surface area (Å²) in [5, 5.41) is 0. The molecule has 0 bridgehead atoms. The highest BCUT2D eigenvalue weighted by atomic mass is 16.5. The van der Waals surface area contributed by atoms with Crippen LogP contribution in [0.15, 0.2) is 12.1 Å². The molecular weight excluding hydrogens is 280 g/mol. The molecule has 2 N–H and O–H groups in total. The Balaban J connectivity index is 2.80. The molecule has 0 saturated carbocycles. The van der Waals surface area contributed by atoms with Gasteiger partial charge in [-0.15, -0.1) is 0 Å². The molecule has 5 heteroatoms. The number of nitrogens with one attached hydrogen (secondary N) is 2. The fraction of sp³-hybridized carbons (Fsp3) is 0.647. The summed E-state index contributed by atoms with van der Waals surface area (Å²) in [7, 11) is 7.18. The average molecular weight is 312 g/mol. The Morgan fingerprint density at radius 2 is 1.50 bits per heavy atom. The van der Waals surface area contributed by atoms with E-state index in [1.807, 2.05) is 6.07 Å². The lowest BCUT2D eigenvalue weighted by Gasteiger charge is -2.21. The zero-order chi connectivity index (χ0) is 16.5. The summed E-state index contributed by atoms with van der Waals surface area (Å²) in [5.74, 6) is 2.15. The van der Waals surface area contributed by atoms with Crippen molar-refractivity contribution in [1.82, 2.24) is 0 Å². The number of likely N-dealkylation sites (N-methyl/N-ethyl adjacent to an activating group) is 2. The highest BCUT2D eigenvalue weighted by Gasteiger charge is 2.18. The molecular formula is C17H32N2O3+2. The van der Waals surface area contributed by atoms with Gasteiger partial charge >= 0.3 is 0 Å². The molecule has 1 unspecified atom stereocenters. The van der Waals surface area contributed by atoms with Crippen molar-refractivity contribution in [2.45, 2.75) is 20.4 Å². The normalized spacial score (nSPS) is 12.3. The lowest BCUT2D eigenvalue weighted by molar-refractivity contribution is -0.953. The van der Waals surface area contributed by atoms with Crippen LogP contribution in [0.1, 0.15) is 19.4 Å². The molecule has 0 heterocycles. The summed E-state index contributed by atoms with van der Waals surface area (Å²) in [4.78, 5) is 3.10. The summed E-state index contributed by atoms with van der Waals surface area (Å²) >= 11 is 0. The molecule has 0 fully saturated rings. The Labute approximate surface area is 134 Å². The van der Waals surface area contributed by atoms with Gasteiger partial charge in [-0.2, -0.15) is 0 Å². The third-order valence-electron chi connectivity index (χ3n) is 4.18. The molecule has 126 valence electrons. The van der Waals surface area contributed by atoms with E-state index < -0.39 is 0 Å². The lowest BCUT2D eigenvalue weighted by Crippen LogP contribution is -3.18. The number of ether oxygens (including phenoxy) is 3. The van der Waals surface area contributed by atoms with Crippen LogP contribution >= 0.6 is 0 Å². The summed E-state index contributed by atoms with van der Waals surface area (Å²) in [6, 6.07) is 4.01. The standard InChI is InChI=1S/C17H30N2O3/c1-7-19(8-2)12-11-18(3)13-14-9-10-15(20-4)17(22-6)16(14)21-5/h9-10H,7-8,11-13H2,1-6H3/p+2. The fourth-order valence-electron chi connectivity index (χ4n) is 2.71. The van der Waals surface area contributed by atoms with Crippen molar-refractivity contribution in [3.8, 4) is 17.2 Å². The fourth-order valence-corrected chi connectivity index (χ4v) is 2.71. The van der Waals surface area contributed by atoms with Crippen LogP contribution in [0, 0.1) is 0 Å². The maximum atomic E-state index is 5.56. The van der Waals surface area contributed by atoms with Crippen LogP contribution in [0.5, 0.6) is 17.2 Å². The first-order valence-electron chi connectivity index (χ1n) is 8.03. The van der Waals surface area contributed by atoms with Gasteiger partial charge in [-0.3, -0.25) is 0 Å². The molecule has 0 aliphatic carbocycles. The van der Waals surface area contributed by atoms with Gasteiger partial charge in [-0.1, -0.05) is 0 Å². The first kappa shape index (κ1) is 18.6. The van der Waals surface area contributed by atoms with Crippen molar-refractivity contribution in [2.24, 2.45) is 0 Å². The van der Waals surface area contributed by atoms with Gasteiger partial charge in [-0.25, -0.2) is 0 Å². The van der Waals surface area contributed by atoms with E-state index in [9.17, 15) is 0 Å². The summed E-state index contributed by atoms with van der Waals surface area (Å²) in [6.45, 7) is 10.1. The molecule has 0 amide bonds. The van der Waals surface area contributed by atoms with Gasteiger partial charge in [0.05, 0.1) is 47.0 Å². The number of hydrogen-bond donors (Lipinski definition) is 2. The molecule has 22 heavy (non-hydrogen) atoms. The molecule has 0 saturated heterocycles. The summed E-state index contributed by atoms with van der Waals surface area (Å²) in [5.41, 5.74) is 1.15. The van der Waals surface area contributed by atoms with Crippen LogP contribution < -0.4 is 24.0 Å². The number of rotatable bonds is 10. The smallest absolute Gasteiger partial charge is 0.203 e. The number of quaternary nitrogens is 2. The molecule has 0 spiro atoms. The molecule has 1 aromatic carbocycles. The maximum Gasteiger partial charge on any atom is 0.203 e. The zero-order valence-electron chi connectivity index (χ0n) is 14.9. The van der Waals surface area contributed by atoms with Gasteiger partial charge in [0.2, 0.25) is 5.75 Å². The highest BCUT2D eigenvalue weighted by molar-refractivity contribution is 5.55. The second kappa shape index (κ2) is 9.54. The first-order valence-corrected chi connectivity index (χ1v) is 8.03. The van der Waals surface area contributed by atoms with E-state index in [4.69, 9.17) is 14.2 Å². The van der Waals surface area contributed by atoms with Crippen LogP contribution in [0.3, 0.4) is 0 Å². The van der Waals surface area contributed by atoms with Crippen LogP contribution in [0.4, 0.5) is 0 Å². The third-order valence-corrected chi connectivity index (χ3v) is 4.18. The zero-order valence-corrected chi connectivity index (χ0v) is 14.9. The maximum absolute atomic E-state index is 5.56. The van der Waals surface area contributed by atoms with E-state index in [2.05, 4.69) is 27.0 Å². The topological polar surface area (TPSA) is 36.6 Å². The predicted octanol–water partition coefficient (Wildman–Crippen LogP) is -0.348. The van der Waals surface area contributed by atoms with Gasteiger partial charge in [-0.05, 0) is 26.0 Å². The minimum absolute atomic E-state index is 0.671. The average Bonchev–Trinajstić information content (AvgIpc) is 2.55. The Morgan fingerprint density at radius 1 is 0.864 bits per heavy atom. The molecule has 1 atom stereocenters. The van der Waals surface area contributed by atoms with E-state index in [1.165, 1.54) is 24.5 Å². The molecule has 1 aromatic rings. The number of hydrogen-bond acceptors (Lipinski definition) is 3. The molecule has 0 aliphatic rings. The van der Waals surface area contributed by atoms with Gasteiger partial charge in [0.1, 0.15) is 19.6 Å². The van der Waals surface area contributed by atoms with Gasteiger partial charge < -0.3 is 24.0 Å². The monoisotopic (exact) mass is 312 g/mol. The second-order valence-electron chi connectivity index (χ2n) is 5.58. The van der Waals surface area contributed by atoms with E-state index in [0.717, 1.165) is 24.4 Å². The highest BCUT2D eigenvalue weighted by Crippen LogP contribution is 2.39. The molecule has 1 rings (SSSR count). The SMILES string of the molecule is CC[NH+](CC)CC[NH+](C)Cc1ccc(OC)c(OC)c1OC. The van der Waals surface area contributed by atoms with Crippen LogP contribution in [0.25, 0.3) is 0 Å². The van der Waals surface area contributed by atoms with Gasteiger partial charge in [0.15, 0.2) is 11.5 Å². The summed E-state index contributed by atoms with van der Waals surface area (Å²) in [6.07, 6.45) is 0. The largest absolute Gasteiger partial charge is 0.493 e. The van der Waals surface area contributed by atoms with Gasteiger partial charge in [0.25, 0.3) is 0 Å². The Kier molecular flexibility index (Phi) is 8.06. The number of methoxy groups -OCH3 is 3. The molecule has 0 aliphatic heterocycles. The van der Waals surface area contributed by atoms with Crippen molar-refractivity contribution in [2.75, 3.05) is 54.6 Å². The quantitative estimate of drug-likeness (QED) is 0.620. The minimum atomic E-state index is 0.671. The van der Waals surface area contributed by atoms with Gasteiger partial charge in [0, 0.05) is 0 Å². The van der Waals surface area contributed by atoms with Crippen LogP contribution in [-0.2, 0) is 6.54 Å². The first-order chi connectivity index (χ1) is 10.6. The van der Waals surface area contributed by atoms with E-state index in [1.54, 1.807) is 26.2 Å². The van der Waals surface area contributed by atoms with Crippen LogP contribution in [-0.4, -0.2) is 54.6 Å². The number of benzene rings is 1. The van der Waals surface area contributed by atoms with Crippen LogP contribution in [0.2, 0.25) is 0 Å². The minimum Gasteiger partial charge on any atom is -0.493 e. The van der Waals surface area contributed by atoms with Crippen molar-refractivity contribution >= 4 is 0 Å². The predicted molar refractivity (Wildman–Crippen MR) is 88.5 cm³/mol. The van der Waals surface area contributed by atoms with Crippen molar-refractivity contribution in [3.63, 3.8) is 0 Å². The summed E-state index contributed by atoms with van der Waals surface area (Å²) < 4.78 is 16.3. The van der Waals surface area contributed by atoms with Crippen molar-refractivity contribution in [1.29, 1.82) is 0 Å². The molecule has 0 aromatic heterocycles. The Hall–Kier alpha value is -1.46. The van der Waals surface area contributed by atoms with Crippen molar-refractivity contribution < 1.29 is 24.0 Å². The van der Waals surface area contributed by atoms with E-state index in [-0.39, 0.29) is 0 Å². The molecule has 0 radical (unpaired) electrons. The third kappa shape index (κ3) is 4.78. The van der Waals surface area contributed by atoms with Crippen molar-refractivity contribution in [3.05, 3.63) is 17.7 Å². The lowest BCUT2D eigenvalue weighted by atomic mass is 10.1. The second-order valence-corrected chi connectivity index (χ2v) is 5.58. The Morgan fingerprint density at radius 3 is 2.00 bits per heavy atom. The molecule has 5 nitrogen and oxygen atoms in total. The Bertz CT molecular complexity index is 448.